The van der Waals surface area contributed by atoms with E-state index in [0.29, 0.717) is 29.6 Å². The first kappa shape index (κ1) is 18.5. The number of sulfonamides is 1. The third-order valence-corrected chi connectivity index (χ3v) is 6.25. The average molecular weight is 418 g/mol. The molecule has 3 N–H and O–H groups in total. The standard InChI is InChI=1S/C17H16ClN7O2S/c18-14-7-2-6-13(21-14)15-22-16(19)24-17(23-15)20-11-4-1-5-12(10-11)28(26,27)25-8-3-9-25/h1-2,4-7,10H,3,8-9H2,(H3,19,20,22,23,24). The van der Waals surface area contributed by atoms with Gasteiger partial charge in [-0.15, -0.1) is 0 Å². The molecular formula is C17H16ClN7O2S. The highest BCUT2D eigenvalue weighted by Gasteiger charge is 2.29. The van der Waals surface area contributed by atoms with Gasteiger partial charge >= 0.3 is 0 Å². The van der Waals surface area contributed by atoms with Gasteiger partial charge in [-0.2, -0.15) is 19.3 Å². The summed E-state index contributed by atoms with van der Waals surface area (Å²) >= 11 is 5.92. The first-order chi connectivity index (χ1) is 13.4. The average Bonchev–Trinajstić information content (AvgIpc) is 2.59. The van der Waals surface area contributed by atoms with Crippen LogP contribution in [0.25, 0.3) is 11.5 Å². The second kappa shape index (κ2) is 7.30. The summed E-state index contributed by atoms with van der Waals surface area (Å²) in [6.07, 6.45) is 0.877. The zero-order valence-corrected chi connectivity index (χ0v) is 16.2. The van der Waals surface area contributed by atoms with Crippen LogP contribution < -0.4 is 11.1 Å². The zero-order chi connectivity index (χ0) is 19.7. The van der Waals surface area contributed by atoms with Crippen LogP contribution in [0.2, 0.25) is 5.15 Å². The Bertz CT molecular complexity index is 1140. The Morgan fingerprint density at radius 1 is 1.04 bits per heavy atom. The smallest absolute Gasteiger partial charge is 0.243 e. The number of aromatic nitrogens is 4. The molecule has 4 rings (SSSR count). The maximum absolute atomic E-state index is 12.6. The van der Waals surface area contributed by atoms with Crippen molar-refractivity contribution in [3.05, 3.63) is 47.6 Å². The summed E-state index contributed by atoms with van der Waals surface area (Å²) < 4.78 is 26.6. The summed E-state index contributed by atoms with van der Waals surface area (Å²) in [5.41, 5.74) is 6.74. The fourth-order valence-electron chi connectivity index (χ4n) is 2.64. The van der Waals surface area contributed by atoms with Crippen molar-refractivity contribution in [3.63, 3.8) is 0 Å². The van der Waals surface area contributed by atoms with Crippen LogP contribution in [0.3, 0.4) is 0 Å². The topological polar surface area (TPSA) is 127 Å². The summed E-state index contributed by atoms with van der Waals surface area (Å²) in [4.78, 5) is 16.8. The minimum Gasteiger partial charge on any atom is -0.368 e. The van der Waals surface area contributed by atoms with E-state index in [-0.39, 0.29) is 22.6 Å². The molecular weight excluding hydrogens is 402 g/mol. The maximum atomic E-state index is 12.6. The number of nitrogens with one attached hydrogen (secondary N) is 1. The number of halogens is 1. The molecule has 3 heterocycles. The molecule has 0 unspecified atom stereocenters. The summed E-state index contributed by atoms with van der Waals surface area (Å²) in [6, 6.07) is 11.5. The van der Waals surface area contributed by atoms with Crippen molar-refractivity contribution in [2.75, 3.05) is 24.1 Å². The normalized spacial score (nSPS) is 14.5. The highest BCUT2D eigenvalue weighted by molar-refractivity contribution is 7.89. The van der Waals surface area contributed by atoms with Crippen LogP contribution in [0.15, 0.2) is 47.4 Å². The quantitative estimate of drug-likeness (QED) is 0.605. The number of nitrogens with two attached hydrogens (primary N) is 1. The third kappa shape index (κ3) is 3.75. The predicted molar refractivity (Wildman–Crippen MR) is 106 cm³/mol. The number of anilines is 3. The molecule has 1 saturated heterocycles. The summed E-state index contributed by atoms with van der Waals surface area (Å²) in [5.74, 6) is 0.420. The van der Waals surface area contributed by atoms with Crippen LogP contribution >= 0.6 is 11.6 Å². The molecule has 2 aromatic heterocycles. The van der Waals surface area contributed by atoms with Crippen molar-refractivity contribution in [1.82, 2.24) is 24.2 Å². The third-order valence-electron chi connectivity index (χ3n) is 4.14. The molecule has 11 heteroatoms. The first-order valence-corrected chi connectivity index (χ1v) is 10.3. The Hall–Kier alpha value is -2.82. The number of benzene rings is 1. The van der Waals surface area contributed by atoms with Crippen LogP contribution in [0.4, 0.5) is 17.6 Å². The Labute approximate surface area is 166 Å². The van der Waals surface area contributed by atoms with Gasteiger partial charge in [-0.05, 0) is 36.8 Å². The zero-order valence-electron chi connectivity index (χ0n) is 14.6. The van der Waals surface area contributed by atoms with Crippen molar-refractivity contribution < 1.29 is 8.42 Å². The molecule has 0 amide bonds. The van der Waals surface area contributed by atoms with Gasteiger partial charge in [0.15, 0.2) is 5.82 Å². The lowest BCUT2D eigenvalue weighted by Crippen LogP contribution is -2.41. The fourth-order valence-corrected chi connectivity index (χ4v) is 4.36. The van der Waals surface area contributed by atoms with Crippen LogP contribution in [0.5, 0.6) is 0 Å². The Morgan fingerprint density at radius 2 is 1.82 bits per heavy atom. The lowest BCUT2D eigenvalue weighted by atomic mass is 10.3. The van der Waals surface area contributed by atoms with E-state index in [1.165, 1.54) is 10.4 Å². The highest BCUT2D eigenvalue weighted by atomic mass is 35.5. The molecule has 9 nitrogen and oxygen atoms in total. The van der Waals surface area contributed by atoms with Crippen molar-refractivity contribution in [2.24, 2.45) is 0 Å². The minimum absolute atomic E-state index is 0.00127. The van der Waals surface area contributed by atoms with Crippen molar-refractivity contribution >= 4 is 39.2 Å². The van der Waals surface area contributed by atoms with Gasteiger partial charge in [0.05, 0.1) is 4.90 Å². The van der Waals surface area contributed by atoms with E-state index in [1.807, 2.05) is 0 Å². The number of nitrogen functional groups attached to an aromatic ring is 1. The molecule has 1 aliphatic heterocycles. The first-order valence-electron chi connectivity index (χ1n) is 8.43. The van der Waals surface area contributed by atoms with E-state index in [1.54, 1.807) is 36.4 Å². The monoisotopic (exact) mass is 417 g/mol. The van der Waals surface area contributed by atoms with Crippen LogP contribution in [-0.2, 0) is 10.0 Å². The second-order valence-corrected chi connectivity index (χ2v) is 8.42. The molecule has 1 aromatic carbocycles. The Morgan fingerprint density at radius 3 is 2.54 bits per heavy atom. The lowest BCUT2D eigenvalue weighted by Gasteiger charge is -2.29. The molecule has 0 radical (unpaired) electrons. The van der Waals surface area contributed by atoms with E-state index >= 15 is 0 Å². The van der Waals surface area contributed by atoms with E-state index in [9.17, 15) is 8.42 Å². The Balaban J connectivity index is 1.64. The second-order valence-electron chi connectivity index (χ2n) is 6.10. The van der Waals surface area contributed by atoms with Crippen molar-refractivity contribution in [1.29, 1.82) is 0 Å². The summed E-state index contributed by atoms with van der Waals surface area (Å²) in [5, 5.41) is 3.27. The molecule has 1 fully saturated rings. The number of nitrogens with zero attached hydrogens (tertiary/aromatic N) is 5. The van der Waals surface area contributed by atoms with Crippen LogP contribution in [0, 0.1) is 0 Å². The number of rotatable bonds is 5. The lowest BCUT2D eigenvalue weighted by molar-refractivity contribution is 0.309. The molecule has 0 saturated carbocycles. The summed E-state index contributed by atoms with van der Waals surface area (Å²) in [7, 11) is -3.49. The van der Waals surface area contributed by atoms with Gasteiger partial charge < -0.3 is 11.1 Å². The number of hydrogen-bond donors (Lipinski definition) is 2. The van der Waals surface area contributed by atoms with E-state index in [2.05, 4.69) is 25.3 Å². The maximum Gasteiger partial charge on any atom is 0.243 e. The SMILES string of the molecule is Nc1nc(Nc2cccc(S(=O)(=O)N3CCC3)c2)nc(-c2cccc(Cl)n2)n1. The van der Waals surface area contributed by atoms with Crippen LogP contribution in [-0.4, -0.2) is 45.7 Å². The molecule has 144 valence electrons. The number of hydrogen-bond acceptors (Lipinski definition) is 8. The summed E-state index contributed by atoms with van der Waals surface area (Å²) in [6.45, 7) is 1.08. The molecule has 0 spiro atoms. The molecule has 28 heavy (non-hydrogen) atoms. The van der Waals surface area contributed by atoms with E-state index < -0.39 is 10.0 Å². The van der Waals surface area contributed by atoms with Gasteiger partial charge in [0.2, 0.25) is 21.9 Å². The van der Waals surface area contributed by atoms with Gasteiger partial charge in [-0.25, -0.2) is 13.4 Å². The molecule has 0 bridgehead atoms. The van der Waals surface area contributed by atoms with Gasteiger partial charge in [0, 0.05) is 18.8 Å². The minimum atomic E-state index is -3.49. The molecule has 0 atom stereocenters. The van der Waals surface area contributed by atoms with Gasteiger partial charge in [-0.3, -0.25) is 0 Å². The molecule has 1 aliphatic rings. The molecule has 3 aromatic rings. The van der Waals surface area contributed by atoms with E-state index in [4.69, 9.17) is 17.3 Å². The van der Waals surface area contributed by atoms with Crippen LogP contribution in [0.1, 0.15) is 6.42 Å². The predicted octanol–water partition coefficient (Wildman–Crippen LogP) is 2.31. The number of pyridine rings is 1. The van der Waals surface area contributed by atoms with Gasteiger partial charge in [-0.1, -0.05) is 23.7 Å². The fraction of sp³-hybridized carbons (Fsp3) is 0.176. The van der Waals surface area contributed by atoms with E-state index in [0.717, 1.165) is 6.42 Å². The molecule has 0 aliphatic carbocycles. The van der Waals surface area contributed by atoms with Gasteiger partial charge in [0.1, 0.15) is 10.8 Å². The van der Waals surface area contributed by atoms with Crippen molar-refractivity contribution in [3.8, 4) is 11.5 Å². The van der Waals surface area contributed by atoms with Gasteiger partial charge in [0.25, 0.3) is 0 Å². The largest absolute Gasteiger partial charge is 0.368 e. The Kier molecular flexibility index (Phi) is 4.84. The highest BCUT2D eigenvalue weighted by Crippen LogP contribution is 2.25. The van der Waals surface area contributed by atoms with Crippen molar-refractivity contribution in [2.45, 2.75) is 11.3 Å².